The zero-order valence-electron chi connectivity index (χ0n) is 10.2. The number of hydrogen-bond acceptors (Lipinski definition) is 4. The van der Waals surface area contributed by atoms with Gasteiger partial charge in [-0.15, -0.1) is 11.3 Å². The van der Waals surface area contributed by atoms with E-state index in [4.69, 9.17) is 5.73 Å². The van der Waals surface area contributed by atoms with Crippen LogP contribution in [0.5, 0.6) is 0 Å². The van der Waals surface area contributed by atoms with Gasteiger partial charge in [0.15, 0.2) is 0 Å². The van der Waals surface area contributed by atoms with Crippen molar-refractivity contribution in [3.63, 3.8) is 0 Å². The first-order valence-electron chi connectivity index (χ1n) is 5.92. The van der Waals surface area contributed by atoms with Crippen LogP contribution in [0.1, 0.15) is 10.4 Å². The third kappa shape index (κ3) is 1.98. The van der Waals surface area contributed by atoms with E-state index in [-0.39, 0.29) is 5.91 Å². The molecule has 0 unspecified atom stereocenters. The average molecular weight is 271 g/mol. The quantitative estimate of drug-likeness (QED) is 0.883. The number of amides is 1. The Morgan fingerprint density at radius 3 is 2.95 bits per heavy atom. The summed E-state index contributed by atoms with van der Waals surface area (Å²) >= 11 is 1.52. The zero-order valence-corrected chi connectivity index (χ0v) is 11.0. The summed E-state index contributed by atoms with van der Waals surface area (Å²) in [4.78, 5) is 14.3. The molecule has 1 aromatic carbocycles. The normalized spacial score (nSPS) is 13.9. The highest BCUT2D eigenvalue weighted by Gasteiger charge is 2.26. The number of para-hydroxylation sites is 2. The van der Waals surface area contributed by atoms with Gasteiger partial charge in [0.05, 0.1) is 22.6 Å². The summed E-state index contributed by atoms with van der Waals surface area (Å²) in [6.45, 7) is 0.462. The average Bonchev–Trinajstić information content (AvgIpc) is 2.85. The Bertz CT molecular complexity index is 648. The largest absolute Gasteiger partial charge is 0.405 e. The first-order valence-corrected chi connectivity index (χ1v) is 6.86. The number of benzene rings is 1. The van der Waals surface area contributed by atoms with Crippen LogP contribution in [0.15, 0.2) is 47.3 Å². The molecule has 1 aliphatic heterocycles. The molecule has 0 atom stereocenters. The maximum absolute atomic E-state index is 12.6. The Hall–Kier alpha value is -2.27. The monoisotopic (exact) mass is 271 g/mol. The molecule has 5 heteroatoms. The summed E-state index contributed by atoms with van der Waals surface area (Å²) in [5.41, 5.74) is 8.75. The van der Waals surface area contributed by atoms with Crippen LogP contribution in [0, 0.1) is 0 Å². The van der Waals surface area contributed by atoms with Crippen LogP contribution >= 0.6 is 11.3 Å². The molecule has 4 nitrogen and oxygen atoms in total. The topological polar surface area (TPSA) is 58.4 Å². The van der Waals surface area contributed by atoms with Crippen molar-refractivity contribution >= 4 is 34.3 Å². The molecule has 0 aliphatic carbocycles. The van der Waals surface area contributed by atoms with Gasteiger partial charge in [-0.3, -0.25) is 4.79 Å². The lowest BCUT2D eigenvalue weighted by molar-refractivity contribution is 0.0991. The van der Waals surface area contributed by atoms with E-state index in [0.717, 1.165) is 17.1 Å². The number of rotatable bonds is 2. The van der Waals surface area contributed by atoms with Crippen molar-refractivity contribution in [3.8, 4) is 0 Å². The predicted molar refractivity (Wildman–Crippen MR) is 79.0 cm³/mol. The molecule has 0 spiro atoms. The Labute approximate surface area is 115 Å². The number of carbonyl (C=O) groups excluding carboxylic acids is 1. The van der Waals surface area contributed by atoms with Crippen LogP contribution in [-0.2, 0) is 0 Å². The molecule has 3 rings (SSSR count). The summed E-state index contributed by atoms with van der Waals surface area (Å²) in [5.74, 6) is -0.00759. The van der Waals surface area contributed by atoms with E-state index in [2.05, 4.69) is 5.32 Å². The second kappa shape index (κ2) is 4.78. The van der Waals surface area contributed by atoms with E-state index in [1.54, 1.807) is 11.0 Å². The fraction of sp³-hybridized carbons (Fsp3) is 0.0714. The maximum Gasteiger partial charge on any atom is 0.261 e. The lowest BCUT2D eigenvalue weighted by Crippen LogP contribution is -2.30. The van der Waals surface area contributed by atoms with Gasteiger partial charge in [-0.05, 0) is 24.4 Å². The predicted octanol–water partition coefficient (Wildman–Crippen LogP) is 2.92. The molecule has 2 heterocycles. The molecule has 0 bridgehead atoms. The summed E-state index contributed by atoms with van der Waals surface area (Å²) in [5, 5.41) is 7.13. The van der Waals surface area contributed by atoms with E-state index in [9.17, 15) is 4.79 Å². The molecular formula is C14H13N3OS. The molecular weight excluding hydrogens is 258 g/mol. The Kier molecular flexibility index (Phi) is 2.97. The van der Waals surface area contributed by atoms with E-state index < -0.39 is 0 Å². The minimum Gasteiger partial charge on any atom is -0.405 e. The molecule has 0 saturated carbocycles. The molecule has 2 aromatic rings. The molecule has 96 valence electrons. The van der Waals surface area contributed by atoms with Gasteiger partial charge in [0.1, 0.15) is 0 Å². The first-order chi connectivity index (χ1) is 9.31. The number of nitrogens with two attached hydrogens (primary N) is 1. The van der Waals surface area contributed by atoms with Crippen molar-refractivity contribution in [2.75, 3.05) is 16.8 Å². The Morgan fingerprint density at radius 2 is 2.11 bits per heavy atom. The van der Waals surface area contributed by atoms with Crippen LogP contribution in [0.25, 0.3) is 0 Å². The van der Waals surface area contributed by atoms with Crippen molar-refractivity contribution in [3.05, 3.63) is 52.9 Å². The number of thiophene rings is 1. The Morgan fingerprint density at radius 1 is 1.26 bits per heavy atom. The molecule has 1 amide bonds. The zero-order chi connectivity index (χ0) is 13.2. The van der Waals surface area contributed by atoms with Crippen molar-refractivity contribution in [2.24, 2.45) is 5.73 Å². The van der Waals surface area contributed by atoms with E-state index in [0.29, 0.717) is 12.1 Å². The molecule has 0 radical (unpaired) electrons. The lowest BCUT2D eigenvalue weighted by atomic mass is 10.2. The van der Waals surface area contributed by atoms with Crippen LogP contribution in [0.4, 0.5) is 17.1 Å². The van der Waals surface area contributed by atoms with Crippen LogP contribution in [-0.4, -0.2) is 12.5 Å². The van der Waals surface area contributed by atoms with E-state index in [1.165, 1.54) is 17.5 Å². The molecule has 1 aliphatic rings. The van der Waals surface area contributed by atoms with Gasteiger partial charge in [-0.25, -0.2) is 0 Å². The van der Waals surface area contributed by atoms with Gasteiger partial charge in [0.2, 0.25) is 0 Å². The molecule has 0 fully saturated rings. The van der Waals surface area contributed by atoms with Crippen molar-refractivity contribution in [1.29, 1.82) is 0 Å². The lowest BCUT2D eigenvalue weighted by Gasteiger charge is -2.20. The highest BCUT2D eigenvalue weighted by atomic mass is 32.1. The highest BCUT2D eigenvalue weighted by Crippen LogP contribution is 2.36. The highest BCUT2D eigenvalue weighted by molar-refractivity contribution is 7.08. The van der Waals surface area contributed by atoms with Crippen molar-refractivity contribution in [2.45, 2.75) is 0 Å². The van der Waals surface area contributed by atoms with Gasteiger partial charge in [-0.2, -0.15) is 0 Å². The number of nitrogens with one attached hydrogen (secondary N) is 1. The maximum atomic E-state index is 12.6. The SMILES string of the molecule is NC=CCN1C(=O)c2cscc2Nc2ccccc21. The van der Waals surface area contributed by atoms with Gasteiger partial charge >= 0.3 is 0 Å². The van der Waals surface area contributed by atoms with Crippen LogP contribution in [0.3, 0.4) is 0 Å². The number of anilines is 3. The van der Waals surface area contributed by atoms with Gasteiger partial charge in [-0.1, -0.05) is 12.1 Å². The fourth-order valence-corrected chi connectivity index (χ4v) is 2.88. The number of fused-ring (bicyclic) bond motifs is 2. The second-order valence-corrected chi connectivity index (χ2v) is 4.93. The number of nitrogens with zero attached hydrogens (tertiary/aromatic N) is 1. The van der Waals surface area contributed by atoms with Crippen molar-refractivity contribution in [1.82, 2.24) is 0 Å². The summed E-state index contributed by atoms with van der Waals surface area (Å²) in [6, 6.07) is 7.77. The first kappa shape index (κ1) is 11.8. The molecule has 0 saturated heterocycles. The van der Waals surface area contributed by atoms with Crippen LogP contribution in [0.2, 0.25) is 0 Å². The third-order valence-electron chi connectivity index (χ3n) is 3.03. The number of hydrogen-bond donors (Lipinski definition) is 2. The Balaban J connectivity index is 2.14. The van der Waals surface area contributed by atoms with Crippen molar-refractivity contribution < 1.29 is 4.79 Å². The summed E-state index contributed by atoms with van der Waals surface area (Å²) in [6.07, 6.45) is 3.23. The van der Waals surface area contributed by atoms with Gasteiger partial charge < -0.3 is 16.0 Å². The van der Waals surface area contributed by atoms with E-state index >= 15 is 0 Å². The minimum atomic E-state index is -0.00759. The fourth-order valence-electron chi connectivity index (χ4n) is 2.12. The number of carbonyl (C=O) groups is 1. The second-order valence-electron chi connectivity index (χ2n) is 4.19. The minimum absolute atomic E-state index is 0.00759. The molecule has 1 aromatic heterocycles. The summed E-state index contributed by atoms with van der Waals surface area (Å²) < 4.78 is 0. The smallest absolute Gasteiger partial charge is 0.261 e. The van der Waals surface area contributed by atoms with Crippen LogP contribution < -0.4 is 16.0 Å². The third-order valence-corrected chi connectivity index (χ3v) is 3.77. The van der Waals surface area contributed by atoms with E-state index in [1.807, 2.05) is 35.0 Å². The molecule has 3 N–H and O–H groups in total. The standard InChI is InChI=1S/C14H13N3OS/c15-6-3-7-17-13-5-2-1-4-11(13)16-12-9-19-8-10(12)14(17)18/h1-6,8-9,16H,7,15H2. The molecule has 19 heavy (non-hydrogen) atoms. The van der Waals surface area contributed by atoms with Gasteiger partial charge in [0, 0.05) is 17.3 Å². The van der Waals surface area contributed by atoms with Gasteiger partial charge in [0.25, 0.3) is 5.91 Å². The summed E-state index contributed by atoms with van der Waals surface area (Å²) in [7, 11) is 0.